The fourth-order valence-corrected chi connectivity index (χ4v) is 4.09. The number of nitrogens with one attached hydrogen (secondary N) is 3. The van der Waals surface area contributed by atoms with Crippen LogP contribution in [0.2, 0.25) is 5.02 Å². The molecule has 3 amide bonds. The normalized spacial score (nSPS) is 20.8. The number of rotatable bonds is 3. The number of hydrogen-bond donors (Lipinski definition) is 3. The number of hydrogen-bond acceptors (Lipinski definition) is 4. The highest BCUT2D eigenvalue weighted by Crippen LogP contribution is 2.30. The van der Waals surface area contributed by atoms with Gasteiger partial charge in [-0.05, 0) is 37.6 Å². The maximum Gasteiger partial charge on any atom is 0.403 e. The number of benzene rings is 1. The summed E-state index contributed by atoms with van der Waals surface area (Å²) < 4.78 is 53.8. The zero-order valence-electron chi connectivity index (χ0n) is 17.3. The van der Waals surface area contributed by atoms with Crippen molar-refractivity contribution in [3.8, 4) is 0 Å². The van der Waals surface area contributed by atoms with Crippen molar-refractivity contribution >= 4 is 35.0 Å². The number of piperidine rings is 1. The highest BCUT2D eigenvalue weighted by Gasteiger charge is 2.43. The Morgan fingerprint density at radius 2 is 1.97 bits per heavy atom. The summed E-state index contributed by atoms with van der Waals surface area (Å²) in [5.41, 5.74) is 1.000. The van der Waals surface area contributed by atoms with Crippen LogP contribution in [0.25, 0.3) is 0 Å². The molecule has 2 unspecified atom stereocenters. The van der Waals surface area contributed by atoms with Gasteiger partial charge >= 0.3 is 12.2 Å². The topological polar surface area (TPSA) is 91.3 Å². The van der Waals surface area contributed by atoms with Crippen molar-refractivity contribution in [1.82, 2.24) is 20.0 Å². The van der Waals surface area contributed by atoms with Crippen LogP contribution >= 0.6 is 11.6 Å². The van der Waals surface area contributed by atoms with Gasteiger partial charge < -0.3 is 20.9 Å². The average molecular weight is 489 g/mol. The number of carbonyl (C=O) groups is 2. The smallest absolute Gasteiger partial charge is 0.317 e. The second-order valence-electron chi connectivity index (χ2n) is 7.98. The molecule has 0 saturated carbocycles. The first kappa shape index (κ1) is 23.3. The minimum absolute atomic E-state index is 0.102. The Bertz CT molecular complexity index is 1060. The first-order valence-corrected chi connectivity index (χ1v) is 10.7. The molecule has 0 radical (unpaired) electrons. The molecule has 3 N–H and O–H groups in total. The lowest BCUT2D eigenvalue weighted by Crippen LogP contribution is -2.49. The molecule has 2 aliphatic heterocycles. The lowest BCUT2D eigenvalue weighted by Gasteiger charge is -2.30. The van der Waals surface area contributed by atoms with E-state index in [-0.39, 0.29) is 30.4 Å². The van der Waals surface area contributed by atoms with E-state index >= 15 is 0 Å². The van der Waals surface area contributed by atoms with Gasteiger partial charge in [-0.3, -0.25) is 9.48 Å². The Balaban J connectivity index is 1.36. The fraction of sp³-hybridized carbons (Fsp3) is 0.450. The van der Waals surface area contributed by atoms with Crippen molar-refractivity contribution in [3.05, 3.63) is 40.8 Å². The van der Waals surface area contributed by atoms with Crippen LogP contribution in [0.5, 0.6) is 0 Å². The van der Waals surface area contributed by atoms with Gasteiger partial charge in [0.1, 0.15) is 11.9 Å². The summed E-state index contributed by atoms with van der Waals surface area (Å²) in [6.45, 7) is 1.01. The Kier molecular flexibility index (Phi) is 6.48. The van der Waals surface area contributed by atoms with Gasteiger partial charge in [0, 0.05) is 24.2 Å². The second-order valence-corrected chi connectivity index (χ2v) is 8.39. The second kappa shape index (κ2) is 9.18. The van der Waals surface area contributed by atoms with Crippen LogP contribution < -0.4 is 16.0 Å². The molecule has 1 aromatic heterocycles. The summed E-state index contributed by atoms with van der Waals surface area (Å²) in [4.78, 5) is 26.6. The molecule has 1 fully saturated rings. The molecule has 0 spiro atoms. The molecule has 2 aromatic rings. The number of nitrogens with zero attached hydrogens (tertiary/aromatic N) is 3. The molecule has 8 nitrogen and oxygen atoms in total. The van der Waals surface area contributed by atoms with E-state index in [0.717, 1.165) is 6.07 Å². The van der Waals surface area contributed by atoms with Gasteiger partial charge in [0.25, 0.3) is 0 Å². The minimum Gasteiger partial charge on any atom is -0.317 e. The quantitative estimate of drug-likeness (QED) is 0.576. The third-order valence-electron chi connectivity index (χ3n) is 5.68. The van der Waals surface area contributed by atoms with Gasteiger partial charge in [-0.25, -0.2) is 9.18 Å². The molecule has 1 saturated heterocycles. The van der Waals surface area contributed by atoms with Crippen molar-refractivity contribution in [2.45, 2.75) is 38.1 Å². The van der Waals surface area contributed by atoms with Crippen LogP contribution in [0, 0.1) is 11.7 Å². The first-order chi connectivity index (χ1) is 15.6. The number of amides is 3. The number of urea groups is 1. The molecule has 2 atom stereocenters. The van der Waals surface area contributed by atoms with E-state index in [2.05, 4.69) is 21.0 Å². The van der Waals surface area contributed by atoms with Crippen molar-refractivity contribution in [2.24, 2.45) is 5.92 Å². The first-order valence-electron chi connectivity index (χ1n) is 10.3. The molecule has 0 bridgehead atoms. The number of alkyl halides is 3. The molecular formula is C20H21ClF4N6O2. The molecule has 0 aliphatic carbocycles. The average Bonchev–Trinajstić information content (AvgIpc) is 3.17. The SMILES string of the molecule is O=C(Nc1cc2n(n1)CCN(C(=O)Nc1ccc(F)c(Cl)c1)C2)C1CCNC(C(F)(F)F)C1. The zero-order valence-corrected chi connectivity index (χ0v) is 18.0. The van der Waals surface area contributed by atoms with Gasteiger partial charge in [0.05, 0.1) is 23.8 Å². The standard InChI is InChI=1S/C20H21ClF4N6O2/c21-14-8-12(1-2-15(14)22)27-19(33)30-5-6-31-13(10-30)9-17(29-31)28-18(32)11-3-4-26-16(7-11)20(23,24)25/h1-2,8-9,11,16,26H,3-7,10H2,(H,27,33)(H,28,29,32). The molecule has 1 aromatic carbocycles. The third-order valence-corrected chi connectivity index (χ3v) is 5.97. The van der Waals surface area contributed by atoms with E-state index < -0.39 is 35.9 Å². The van der Waals surface area contributed by atoms with E-state index in [4.69, 9.17) is 11.6 Å². The summed E-state index contributed by atoms with van der Waals surface area (Å²) in [6.07, 6.45) is -4.44. The summed E-state index contributed by atoms with van der Waals surface area (Å²) in [6, 6.07) is 3.32. The van der Waals surface area contributed by atoms with Crippen LogP contribution in [0.3, 0.4) is 0 Å². The van der Waals surface area contributed by atoms with Gasteiger partial charge in [-0.2, -0.15) is 18.3 Å². The van der Waals surface area contributed by atoms with Gasteiger partial charge in [0.15, 0.2) is 5.82 Å². The predicted octanol–water partition coefficient (Wildman–Crippen LogP) is 3.59. The summed E-state index contributed by atoms with van der Waals surface area (Å²) >= 11 is 5.74. The maximum absolute atomic E-state index is 13.3. The van der Waals surface area contributed by atoms with Crippen molar-refractivity contribution < 1.29 is 27.2 Å². The van der Waals surface area contributed by atoms with Crippen LogP contribution in [0.1, 0.15) is 18.5 Å². The summed E-state index contributed by atoms with van der Waals surface area (Å²) in [5.74, 6) is -1.65. The summed E-state index contributed by atoms with van der Waals surface area (Å²) in [7, 11) is 0. The molecule has 2 aliphatic rings. The Hall–Kier alpha value is -2.86. The van der Waals surface area contributed by atoms with Crippen LogP contribution in [0.4, 0.5) is 33.9 Å². The number of carbonyl (C=O) groups excluding carboxylic acids is 2. The zero-order chi connectivity index (χ0) is 23.8. The Labute approximate surface area is 191 Å². The Morgan fingerprint density at radius 1 is 1.18 bits per heavy atom. The maximum atomic E-state index is 13.3. The molecule has 4 rings (SSSR count). The number of fused-ring (bicyclic) bond motifs is 1. The van der Waals surface area contributed by atoms with E-state index in [9.17, 15) is 27.2 Å². The van der Waals surface area contributed by atoms with Crippen LogP contribution in [-0.4, -0.2) is 51.9 Å². The fourth-order valence-electron chi connectivity index (χ4n) is 3.91. The van der Waals surface area contributed by atoms with Gasteiger partial charge in [-0.15, -0.1) is 0 Å². The lowest BCUT2D eigenvalue weighted by molar-refractivity contribution is -0.164. The van der Waals surface area contributed by atoms with Crippen LogP contribution in [0.15, 0.2) is 24.3 Å². The Morgan fingerprint density at radius 3 is 2.70 bits per heavy atom. The molecular weight excluding hydrogens is 468 g/mol. The highest BCUT2D eigenvalue weighted by atomic mass is 35.5. The van der Waals surface area contributed by atoms with Gasteiger partial charge in [-0.1, -0.05) is 11.6 Å². The van der Waals surface area contributed by atoms with E-state index in [1.807, 2.05) is 0 Å². The van der Waals surface area contributed by atoms with Crippen molar-refractivity contribution in [3.63, 3.8) is 0 Å². The lowest BCUT2D eigenvalue weighted by atomic mass is 9.91. The third kappa shape index (κ3) is 5.38. The van der Waals surface area contributed by atoms with Crippen molar-refractivity contribution in [1.29, 1.82) is 0 Å². The van der Waals surface area contributed by atoms with E-state index in [1.165, 1.54) is 17.0 Å². The van der Waals surface area contributed by atoms with E-state index in [0.29, 0.717) is 30.9 Å². The number of halogens is 5. The number of anilines is 2. The van der Waals surface area contributed by atoms with Crippen LogP contribution in [-0.2, 0) is 17.9 Å². The molecule has 33 heavy (non-hydrogen) atoms. The van der Waals surface area contributed by atoms with Gasteiger partial charge in [0.2, 0.25) is 5.91 Å². The monoisotopic (exact) mass is 488 g/mol. The highest BCUT2D eigenvalue weighted by molar-refractivity contribution is 6.31. The molecule has 3 heterocycles. The minimum atomic E-state index is -4.41. The number of aromatic nitrogens is 2. The largest absolute Gasteiger partial charge is 0.403 e. The van der Waals surface area contributed by atoms with Crippen molar-refractivity contribution in [2.75, 3.05) is 23.7 Å². The molecule has 178 valence electrons. The molecule has 13 heteroatoms. The van der Waals surface area contributed by atoms with E-state index in [1.54, 1.807) is 10.7 Å². The summed E-state index contributed by atoms with van der Waals surface area (Å²) in [5, 5.41) is 11.8. The predicted molar refractivity (Wildman–Crippen MR) is 112 cm³/mol.